The molecule has 1 aromatic heterocycles. The van der Waals surface area contributed by atoms with Gasteiger partial charge in [0.1, 0.15) is 0 Å². The molecule has 0 aliphatic rings. The summed E-state index contributed by atoms with van der Waals surface area (Å²) in [5.41, 5.74) is 1.13. The predicted molar refractivity (Wildman–Crippen MR) is 59.5 cm³/mol. The van der Waals surface area contributed by atoms with Crippen LogP contribution in [0, 0.1) is 6.92 Å². The smallest absolute Gasteiger partial charge is 0.406 e. The maximum Gasteiger partial charge on any atom is 0.406 e. The van der Waals surface area contributed by atoms with Gasteiger partial charge in [-0.2, -0.15) is 13.2 Å². The first-order valence-electron chi connectivity index (χ1n) is 5.18. The van der Waals surface area contributed by atoms with Gasteiger partial charge in [0.15, 0.2) is 5.92 Å². The molecule has 0 fully saturated rings. The molecule has 0 unspecified atom stereocenters. The van der Waals surface area contributed by atoms with Crippen LogP contribution in [-0.2, 0) is 4.79 Å². The van der Waals surface area contributed by atoms with Gasteiger partial charge in [-0.05, 0) is 18.6 Å². The number of hydrogen-bond donors (Lipinski definition) is 2. The van der Waals surface area contributed by atoms with Crippen LogP contribution in [-0.4, -0.2) is 22.2 Å². The van der Waals surface area contributed by atoms with Crippen molar-refractivity contribution in [2.45, 2.75) is 19.0 Å². The maximum atomic E-state index is 12.7. The first-order valence-corrected chi connectivity index (χ1v) is 5.18. The van der Waals surface area contributed by atoms with Crippen LogP contribution in [0.25, 0.3) is 10.9 Å². The fraction of sp³-hybridized carbons (Fsp3) is 0.250. The number of aliphatic carboxylic acids is 1. The highest BCUT2D eigenvalue weighted by atomic mass is 19.4. The molecular weight excluding hydrogens is 247 g/mol. The van der Waals surface area contributed by atoms with Gasteiger partial charge < -0.3 is 10.1 Å². The Kier molecular flexibility index (Phi) is 2.80. The van der Waals surface area contributed by atoms with E-state index in [1.807, 2.05) is 0 Å². The summed E-state index contributed by atoms with van der Waals surface area (Å²) in [6, 6.07) is 4.82. The highest BCUT2D eigenvalue weighted by Gasteiger charge is 2.47. The molecule has 2 rings (SSSR count). The number of carboxylic acid groups (broad SMARTS) is 1. The summed E-state index contributed by atoms with van der Waals surface area (Å²) in [5, 5.41) is 9.04. The third-order valence-electron chi connectivity index (χ3n) is 2.75. The maximum absolute atomic E-state index is 12.7. The molecule has 2 N–H and O–H groups in total. The molecule has 2 aromatic rings. The Labute approximate surface area is 100 Å². The average Bonchev–Trinajstić information content (AvgIpc) is 2.58. The van der Waals surface area contributed by atoms with E-state index in [0.717, 1.165) is 11.8 Å². The topological polar surface area (TPSA) is 53.1 Å². The van der Waals surface area contributed by atoms with Crippen molar-refractivity contribution >= 4 is 16.9 Å². The van der Waals surface area contributed by atoms with E-state index in [9.17, 15) is 18.0 Å². The Morgan fingerprint density at radius 3 is 2.61 bits per heavy atom. The molecule has 1 heterocycles. The van der Waals surface area contributed by atoms with E-state index in [1.165, 1.54) is 6.07 Å². The number of aromatic amines is 1. The minimum Gasteiger partial charge on any atom is -0.481 e. The van der Waals surface area contributed by atoms with E-state index in [4.69, 9.17) is 5.11 Å². The molecule has 0 amide bonds. The van der Waals surface area contributed by atoms with E-state index in [-0.39, 0.29) is 10.9 Å². The first-order chi connectivity index (χ1) is 8.30. The van der Waals surface area contributed by atoms with Crippen molar-refractivity contribution in [1.82, 2.24) is 4.98 Å². The van der Waals surface area contributed by atoms with Gasteiger partial charge in [0, 0.05) is 22.7 Å². The second-order valence-corrected chi connectivity index (χ2v) is 4.11. The lowest BCUT2D eigenvalue weighted by Gasteiger charge is -2.15. The Hall–Kier alpha value is -1.98. The molecule has 0 bridgehead atoms. The second-order valence-electron chi connectivity index (χ2n) is 4.11. The number of alkyl halides is 3. The van der Waals surface area contributed by atoms with Gasteiger partial charge in [-0.3, -0.25) is 4.79 Å². The van der Waals surface area contributed by atoms with Crippen molar-refractivity contribution in [3.8, 4) is 0 Å². The SMILES string of the molecule is Cc1ccc2c([C@@H](C(=O)O)C(F)(F)F)c[nH]c2c1. The van der Waals surface area contributed by atoms with Crippen LogP contribution in [0.3, 0.4) is 0 Å². The van der Waals surface area contributed by atoms with Gasteiger partial charge in [-0.1, -0.05) is 12.1 Å². The Morgan fingerprint density at radius 1 is 1.39 bits per heavy atom. The summed E-state index contributed by atoms with van der Waals surface area (Å²) in [7, 11) is 0. The summed E-state index contributed by atoms with van der Waals surface area (Å²) < 4.78 is 38.2. The number of rotatable bonds is 2. The zero-order chi connectivity index (χ0) is 13.5. The van der Waals surface area contributed by atoms with Gasteiger partial charge in [0.2, 0.25) is 0 Å². The molecule has 18 heavy (non-hydrogen) atoms. The molecule has 0 aliphatic carbocycles. The first kappa shape index (κ1) is 12.5. The number of nitrogens with one attached hydrogen (secondary N) is 1. The lowest BCUT2D eigenvalue weighted by atomic mass is 9.97. The number of aryl methyl sites for hydroxylation is 1. The van der Waals surface area contributed by atoms with E-state index < -0.39 is 18.1 Å². The number of carboxylic acids is 1. The van der Waals surface area contributed by atoms with Crippen LogP contribution >= 0.6 is 0 Å². The Morgan fingerprint density at radius 2 is 2.06 bits per heavy atom. The lowest BCUT2D eigenvalue weighted by molar-refractivity contribution is -0.176. The molecule has 3 nitrogen and oxygen atoms in total. The minimum absolute atomic E-state index is 0.259. The van der Waals surface area contributed by atoms with Crippen LogP contribution in [0.15, 0.2) is 24.4 Å². The standard InChI is InChI=1S/C12H10F3NO2/c1-6-2-3-7-8(5-16-9(7)4-6)10(11(17)18)12(13,14)15/h2-5,10,16H,1H3,(H,17,18)/t10-/m0/s1. The molecule has 0 radical (unpaired) electrons. The summed E-state index contributed by atoms with van der Waals surface area (Å²) in [5.74, 6) is -4.40. The number of benzene rings is 1. The highest BCUT2D eigenvalue weighted by Crippen LogP contribution is 2.38. The third kappa shape index (κ3) is 2.05. The molecular formula is C12H10F3NO2. The molecule has 0 spiro atoms. The van der Waals surface area contributed by atoms with Crippen molar-refractivity contribution in [2.75, 3.05) is 0 Å². The van der Waals surface area contributed by atoms with E-state index in [2.05, 4.69) is 4.98 Å². The zero-order valence-corrected chi connectivity index (χ0v) is 9.38. The zero-order valence-electron chi connectivity index (χ0n) is 9.38. The van der Waals surface area contributed by atoms with Gasteiger partial charge >= 0.3 is 12.1 Å². The Bertz CT molecular complexity index is 601. The monoisotopic (exact) mass is 257 g/mol. The van der Waals surface area contributed by atoms with Gasteiger partial charge in [-0.15, -0.1) is 0 Å². The molecule has 1 atom stereocenters. The molecule has 96 valence electrons. The van der Waals surface area contributed by atoms with E-state index in [1.54, 1.807) is 19.1 Å². The summed E-state index contributed by atoms with van der Waals surface area (Å²) in [6.45, 7) is 1.80. The Balaban J connectivity index is 2.62. The van der Waals surface area contributed by atoms with Crippen molar-refractivity contribution in [2.24, 2.45) is 0 Å². The summed E-state index contributed by atoms with van der Waals surface area (Å²) in [6.07, 6.45) is -3.71. The number of H-pyrrole nitrogens is 1. The van der Waals surface area contributed by atoms with Crippen LogP contribution in [0.4, 0.5) is 13.2 Å². The van der Waals surface area contributed by atoms with E-state index in [0.29, 0.717) is 5.52 Å². The van der Waals surface area contributed by atoms with Crippen molar-refractivity contribution in [3.05, 3.63) is 35.5 Å². The fourth-order valence-electron chi connectivity index (χ4n) is 1.95. The number of carbonyl (C=O) groups is 1. The largest absolute Gasteiger partial charge is 0.481 e. The van der Waals surface area contributed by atoms with Crippen LogP contribution < -0.4 is 0 Å². The van der Waals surface area contributed by atoms with Crippen LogP contribution in [0.5, 0.6) is 0 Å². The summed E-state index contributed by atoms with van der Waals surface area (Å²) in [4.78, 5) is 13.5. The number of hydrogen-bond acceptors (Lipinski definition) is 1. The van der Waals surface area contributed by atoms with Crippen LogP contribution in [0.1, 0.15) is 17.0 Å². The number of aromatic nitrogens is 1. The van der Waals surface area contributed by atoms with Crippen molar-refractivity contribution in [1.29, 1.82) is 0 Å². The molecule has 0 saturated heterocycles. The summed E-state index contributed by atoms with van der Waals surface area (Å²) >= 11 is 0. The quantitative estimate of drug-likeness (QED) is 0.867. The normalized spacial score (nSPS) is 13.8. The van der Waals surface area contributed by atoms with Gasteiger partial charge in [-0.25, -0.2) is 0 Å². The molecule has 0 aliphatic heterocycles. The number of halogens is 3. The van der Waals surface area contributed by atoms with E-state index >= 15 is 0 Å². The predicted octanol–water partition coefficient (Wildman–Crippen LogP) is 3.21. The van der Waals surface area contributed by atoms with Gasteiger partial charge in [0.05, 0.1) is 0 Å². The highest BCUT2D eigenvalue weighted by molar-refractivity contribution is 5.90. The fourth-order valence-corrected chi connectivity index (χ4v) is 1.95. The van der Waals surface area contributed by atoms with Crippen molar-refractivity contribution < 1.29 is 23.1 Å². The lowest BCUT2D eigenvalue weighted by Crippen LogP contribution is -2.28. The molecule has 6 heteroatoms. The van der Waals surface area contributed by atoms with Crippen LogP contribution in [0.2, 0.25) is 0 Å². The molecule has 1 aromatic carbocycles. The van der Waals surface area contributed by atoms with Crippen molar-refractivity contribution in [3.63, 3.8) is 0 Å². The minimum atomic E-state index is -4.81. The second kappa shape index (κ2) is 4.04. The van der Waals surface area contributed by atoms with Gasteiger partial charge in [0.25, 0.3) is 0 Å². The third-order valence-corrected chi connectivity index (χ3v) is 2.75. The average molecular weight is 257 g/mol. The number of fused-ring (bicyclic) bond motifs is 1. The molecule has 0 saturated carbocycles.